The van der Waals surface area contributed by atoms with Crippen molar-refractivity contribution in [2.24, 2.45) is 0 Å². The van der Waals surface area contributed by atoms with Crippen LogP contribution >= 0.6 is 23.2 Å². The molecule has 3 rings (SSSR count). The Balaban J connectivity index is 2.00. The maximum Gasteiger partial charge on any atom is 0.329 e. The summed E-state index contributed by atoms with van der Waals surface area (Å²) in [6.07, 6.45) is 0. The van der Waals surface area contributed by atoms with Crippen LogP contribution in [0.4, 0.5) is 10.5 Å². The molecule has 106 valence electrons. The molecule has 3 amide bonds. The number of rotatable bonds is 2. The lowest BCUT2D eigenvalue weighted by Gasteiger charge is -2.15. The van der Waals surface area contributed by atoms with Crippen molar-refractivity contribution in [3.8, 4) is 0 Å². The normalized spacial score (nSPS) is 18.0. The van der Waals surface area contributed by atoms with Gasteiger partial charge < -0.3 is 5.32 Å². The van der Waals surface area contributed by atoms with Crippen LogP contribution in [-0.4, -0.2) is 11.9 Å². The Morgan fingerprint density at radius 3 is 2.43 bits per heavy atom. The fourth-order valence-corrected chi connectivity index (χ4v) is 2.60. The fraction of sp³-hybridized carbons (Fsp3) is 0.0667. The standard InChI is InChI=1S/C15H10Cl2N2O2/c16-10-6-7-11(17)12(8-10)19-14(20)13(18-15(19)21)9-4-2-1-3-5-9/h1-8,13H,(H,18,21). The summed E-state index contributed by atoms with van der Waals surface area (Å²) in [5.74, 6) is -0.379. The highest BCUT2D eigenvalue weighted by Gasteiger charge is 2.40. The number of hydrogen-bond acceptors (Lipinski definition) is 2. The zero-order valence-corrected chi connectivity index (χ0v) is 12.2. The summed E-state index contributed by atoms with van der Waals surface area (Å²) < 4.78 is 0. The number of imide groups is 1. The lowest BCUT2D eigenvalue weighted by Crippen LogP contribution is -2.30. The Morgan fingerprint density at radius 2 is 1.71 bits per heavy atom. The van der Waals surface area contributed by atoms with E-state index in [0.717, 1.165) is 10.5 Å². The summed E-state index contributed by atoms with van der Waals surface area (Å²) in [7, 11) is 0. The number of benzene rings is 2. The Bertz CT molecular complexity index is 719. The van der Waals surface area contributed by atoms with E-state index < -0.39 is 12.1 Å². The molecule has 0 aliphatic carbocycles. The molecule has 6 heteroatoms. The van der Waals surface area contributed by atoms with Crippen LogP contribution in [0.1, 0.15) is 11.6 Å². The highest BCUT2D eigenvalue weighted by atomic mass is 35.5. The fourth-order valence-electron chi connectivity index (χ4n) is 2.24. The number of anilines is 1. The molecule has 2 aromatic carbocycles. The molecule has 1 atom stereocenters. The number of nitrogens with zero attached hydrogens (tertiary/aromatic N) is 1. The van der Waals surface area contributed by atoms with Gasteiger partial charge in [0.05, 0.1) is 10.7 Å². The minimum Gasteiger partial charge on any atom is -0.321 e. The number of nitrogens with one attached hydrogen (secondary N) is 1. The molecule has 1 heterocycles. The van der Waals surface area contributed by atoms with Gasteiger partial charge in [-0.1, -0.05) is 53.5 Å². The molecule has 2 aromatic rings. The van der Waals surface area contributed by atoms with Crippen molar-refractivity contribution in [3.63, 3.8) is 0 Å². The van der Waals surface area contributed by atoms with Gasteiger partial charge in [0.1, 0.15) is 6.04 Å². The molecule has 1 unspecified atom stereocenters. The van der Waals surface area contributed by atoms with Crippen LogP contribution in [-0.2, 0) is 4.79 Å². The van der Waals surface area contributed by atoms with Gasteiger partial charge in [0.15, 0.2) is 0 Å². The predicted molar refractivity (Wildman–Crippen MR) is 81.7 cm³/mol. The molecule has 1 N–H and O–H groups in total. The maximum absolute atomic E-state index is 12.5. The molecule has 1 aliphatic rings. The smallest absolute Gasteiger partial charge is 0.321 e. The summed E-state index contributed by atoms with van der Waals surface area (Å²) in [5.41, 5.74) is 1.00. The van der Waals surface area contributed by atoms with E-state index >= 15 is 0 Å². The first kappa shape index (κ1) is 13.9. The summed E-state index contributed by atoms with van der Waals surface area (Å²) in [5, 5.41) is 3.34. The number of urea groups is 1. The Morgan fingerprint density at radius 1 is 1.00 bits per heavy atom. The van der Waals surface area contributed by atoms with Gasteiger partial charge >= 0.3 is 6.03 Å². The van der Waals surface area contributed by atoms with Gasteiger partial charge in [0, 0.05) is 5.02 Å². The van der Waals surface area contributed by atoms with Crippen molar-refractivity contribution < 1.29 is 9.59 Å². The molecule has 1 saturated heterocycles. The molecule has 1 aliphatic heterocycles. The van der Waals surface area contributed by atoms with Gasteiger partial charge in [-0.15, -0.1) is 0 Å². The lowest BCUT2D eigenvalue weighted by atomic mass is 10.1. The van der Waals surface area contributed by atoms with Gasteiger partial charge in [0.2, 0.25) is 0 Å². The quantitative estimate of drug-likeness (QED) is 0.856. The average molecular weight is 321 g/mol. The highest BCUT2D eigenvalue weighted by molar-refractivity contribution is 6.37. The third-order valence-electron chi connectivity index (χ3n) is 3.22. The van der Waals surface area contributed by atoms with E-state index in [1.165, 1.54) is 6.07 Å². The van der Waals surface area contributed by atoms with E-state index in [2.05, 4.69) is 5.32 Å². The lowest BCUT2D eigenvalue weighted by molar-refractivity contribution is -0.118. The van der Waals surface area contributed by atoms with Crippen molar-refractivity contribution in [2.45, 2.75) is 6.04 Å². The van der Waals surface area contributed by atoms with Crippen LogP contribution in [0.2, 0.25) is 10.0 Å². The van der Waals surface area contributed by atoms with Crippen LogP contribution in [0, 0.1) is 0 Å². The van der Waals surface area contributed by atoms with Crippen LogP contribution in [0.3, 0.4) is 0 Å². The monoisotopic (exact) mass is 320 g/mol. The number of carbonyl (C=O) groups is 2. The molecule has 0 saturated carbocycles. The minimum absolute atomic E-state index is 0.282. The summed E-state index contributed by atoms with van der Waals surface area (Å²) in [6.45, 7) is 0. The highest BCUT2D eigenvalue weighted by Crippen LogP contribution is 2.33. The molecule has 0 aromatic heterocycles. The number of carbonyl (C=O) groups excluding carboxylic acids is 2. The van der Waals surface area contributed by atoms with Crippen LogP contribution in [0.15, 0.2) is 48.5 Å². The zero-order valence-electron chi connectivity index (χ0n) is 10.7. The van der Waals surface area contributed by atoms with E-state index in [1.807, 2.05) is 18.2 Å². The Hall–Kier alpha value is -2.04. The van der Waals surface area contributed by atoms with Gasteiger partial charge in [-0.05, 0) is 23.8 Å². The van der Waals surface area contributed by atoms with Crippen LogP contribution in [0.5, 0.6) is 0 Å². The van der Waals surface area contributed by atoms with Crippen molar-refractivity contribution in [1.29, 1.82) is 0 Å². The first-order chi connectivity index (χ1) is 10.1. The minimum atomic E-state index is -0.714. The SMILES string of the molecule is O=C1NC(c2ccccc2)C(=O)N1c1cc(Cl)ccc1Cl. The second-order valence-corrected chi connectivity index (χ2v) is 5.41. The molecule has 0 spiro atoms. The van der Waals surface area contributed by atoms with Gasteiger partial charge in [-0.3, -0.25) is 4.79 Å². The molecule has 0 radical (unpaired) electrons. The van der Waals surface area contributed by atoms with Crippen molar-refractivity contribution >= 4 is 40.8 Å². The molecular weight excluding hydrogens is 311 g/mol. The van der Waals surface area contributed by atoms with Crippen molar-refractivity contribution in [1.82, 2.24) is 5.32 Å². The summed E-state index contributed by atoms with van der Waals surface area (Å²) >= 11 is 12.0. The van der Waals surface area contributed by atoms with Crippen LogP contribution in [0.25, 0.3) is 0 Å². The average Bonchev–Trinajstić information content (AvgIpc) is 2.78. The largest absolute Gasteiger partial charge is 0.329 e. The molecular formula is C15H10Cl2N2O2. The Kier molecular flexibility index (Phi) is 3.57. The van der Waals surface area contributed by atoms with Gasteiger partial charge in [-0.25, -0.2) is 9.69 Å². The van der Waals surface area contributed by atoms with Gasteiger partial charge in [0.25, 0.3) is 5.91 Å². The topological polar surface area (TPSA) is 49.4 Å². The Labute approximate surface area is 131 Å². The molecule has 0 bridgehead atoms. The number of amides is 3. The van der Waals surface area contributed by atoms with E-state index in [0.29, 0.717) is 5.02 Å². The molecule has 4 nitrogen and oxygen atoms in total. The van der Waals surface area contributed by atoms with Crippen molar-refractivity contribution in [2.75, 3.05) is 4.90 Å². The predicted octanol–water partition coefficient (Wildman–Crippen LogP) is 3.79. The molecule has 1 fully saturated rings. The number of halogens is 2. The second-order valence-electron chi connectivity index (χ2n) is 4.56. The molecule has 21 heavy (non-hydrogen) atoms. The summed E-state index contributed by atoms with van der Waals surface area (Å²) in [4.78, 5) is 25.7. The maximum atomic E-state index is 12.5. The third kappa shape index (κ3) is 2.48. The van der Waals surface area contributed by atoms with Crippen LogP contribution < -0.4 is 10.2 Å². The van der Waals surface area contributed by atoms with E-state index in [-0.39, 0.29) is 16.6 Å². The first-order valence-corrected chi connectivity index (χ1v) is 6.98. The van der Waals surface area contributed by atoms with E-state index in [1.54, 1.807) is 24.3 Å². The third-order valence-corrected chi connectivity index (χ3v) is 3.77. The number of hydrogen-bond donors (Lipinski definition) is 1. The zero-order chi connectivity index (χ0) is 15.0. The van der Waals surface area contributed by atoms with E-state index in [4.69, 9.17) is 23.2 Å². The van der Waals surface area contributed by atoms with Gasteiger partial charge in [-0.2, -0.15) is 0 Å². The summed E-state index contributed by atoms with van der Waals surface area (Å²) in [6, 6.07) is 12.4. The van der Waals surface area contributed by atoms with E-state index in [9.17, 15) is 9.59 Å². The van der Waals surface area contributed by atoms with Crippen molar-refractivity contribution in [3.05, 3.63) is 64.1 Å². The second kappa shape index (κ2) is 5.39. The first-order valence-electron chi connectivity index (χ1n) is 6.22.